The molecule has 0 unspecified atom stereocenters. The first-order chi connectivity index (χ1) is 13.5. The van der Waals surface area contributed by atoms with Gasteiger partial charge in [-0.15, -0.1) is 0 Å². The molecular weight excluding hydrogens is 373 g/mol. The zero-order valence-corrected chi connectivity index (χ0v) is 17.0. The molecule has 3 aromatic rings. The lowest BCUT2D eigenvalue weighted by Gasteiger charge is -2.40. The molecule has 1 N–H and O–H groups in total. The van der Waals surface area contributed by atoms with E-state index in [0.717, 1.165) is 41.5 Å². The number of hydrogen-bond donors (Lipinski definition) is 1. The Morgan fingerprint density at radius 1 is 1.07 bits per heavy atom. The molecule has 2 atom stereocenters. The summed E-state index contributed by atoms with van der Waals surface area (Å²) < 4.78 is 13.5. The lowest BCUT2D eigenvalue weighted by molar-refractivity contribution is 0.151. The Labute approximate surface area is 170 Å². The largest absolute Gasteiger partial charge is 0.300 e. The maximum absolute atomic E-state index is 13.5. The van der Waals surface area contributed by atoms with Crippen LogP contribution in [0.5, 0.6) is 0 Å². The van der Waals surface area contributed by atoms with Gasteiger partial charge in [0.15, 0.2) is 0 Å². The van der Waals surface area contributed by atoms with Crippen LogP contribution < -0.4 is 0 Å². The molecule has 0 bridgehead atoms. The molecule has 4 rings (SSSR count). The van der Waals surface area contributed by atoms with E-state index < -0.39 is 0 Å². The zero-order chi connectivity index (χ0) is 19.7. The molecule has 146 valence electrons. The third kappa shape index (κ3) is 3.98. The van der Waals surface area contributed by atoms with Gasteiger partial charge in [0.1, 0.15) is 5.82 Å². The minimum absolute atomic E-state index is 0.191. The molecule has 0 radical (unpaired) electrons. The summed E-state index contributed by atoms with van der Waals surface area (Å²) >= 11 is 6.00. The Kier molecular flexibility index (Phi) is 5.51. The summed E-state index contributed by atoms with van der Waals surface area (Å²) in [6, 6.07) is 17.4. The highest BCUT2D eigenvalue weighted by Crippen LogP contribution is 2.40. The lowest BCUT2D eigenvalue weighted by atomic mass is 9.78. The molecule has 1 aliphatic rings. The number of aromatic amines is 1. The molecule has 2 aromatic carbocycles. The van der Waals surface area contributed by atoms with Gasteiger partial charge >= 0.3 is 0 Å². The van der Waals surface area contributed by atoms with Gasteiger partial charge in [0.2, 0.25) is 0 Å². The summed E-state index contributed by atoms with van der Waals surface area (Å²) in [5.41, 5.74) is 4.29. The van der Waals surface area contributed by atoms with Gasteiger partial charge in [0.05, 0.1) is 5.69 Å². The first kappa shape index (κ1) is 19.2. The SMILES string of the molecule is CC(C)N1CC[C@@H](c2cc(-c3ccc(Cl)cc3)n[nH]2)[C@H](c2ccc(F)cc2)C1. The van der Waals surface area contributed by atoms with Crippen LogP contribution in [0.25, 0.3) is 11.3 Å². The predicted molar refractivity (Wildman–Crippen MR) is 112 cm³/mol. The maximum atomic E-state index is 13.5. The van der Waals surface area contributed by atoms with Crippen LogP contribution in [0.2, 0.25) is 5.02 Å². The molecule has 1 saturated heterocycles. The fourth-order valence-corrected chi connectivity index (χ4v) is 4.29. The van der Waals surface area contributed by atoms with E-state index in [-0.39, 0.29) is 5.82 Å². The number of nitrogens with zero attached hydrogens (tertiary/aromatic N) is 2. The second-order valence-electron chi connectivity index (χ2n) is 7.86. The van der Waals surface area contributed by atoms with Crippen molar-refractivity contribution in [1.82, 2.24) is 15.1 Å². The monoisotopic (exact) mass is 397 g/mol. The fourth-order valence-electron chi connectivity index (χ4n) is 4.16. The standard InChI is InChI=1S/C23H25ClFN3/c1-15(2)28-12-11-20(21(14-28)16-5-9-19(25)10-6-16)23-13-22(26-27-23)17-3-7-18(24)8-4-17/h3-10,13,15,20-21H,11-12,14H2,1-2H3,(H,26,27)/t20-,21+/m1/s1. The summed E-state index contributed by atoms with van der Waals surface area (Å²) in [5.74, 6) is 0.438. The molecule has 0 aliphatic carbocycles. The molecular formula is C23H25ClFN3. The van der Waals surface area contributed by atoms with Gasteiger partial charge in [-0.1, -0.05) is 35.9 Å². The highest BCUT2D eigenvalue weighted by Gasteiger charge is 2.33. The second-order valence-corrected chi connectivity index (χ2v) is 8.29. The molecule has 0 amide bonds. The predicted octanol–water partition coefficient (Wildman–Crippen LogP) is 5.85. The van der Waals surface area contributed by atoms with Gasteiger partial charge in [0.25, 0.3) is 0 Å². The van der Waals surface area contributed by atoms with Crippen LogP contribution in [-0.2, 0) is 0 Å². The average molecular weight is 398 g/mol. The van der Waals surface area contributed by atoms with Crippen molar-refractivity contribution in [3.05, 3.63) is 76.7 Å². The van der Waals surface area contributed by atoms with E-state index in [9.17, 15) is 4.39 Å². The van der Waals surface area contributed by atoms with Crippen LogP contribution in [0.15, 0.2) is 54.6 Å². The van der Waals surface area contributed by atoms with Gasteiger partial charge < -0.3 is 4.90 Å². The molecule has 1 aliphatic heterocycles. The maximum Gasteiger partial charge on any atom is 0.123 e. The third-order valence-electron chi connectivity index (χ3n) is 5.81. The van der Waals surface area contributed by atoms with Crippen molar-refractivity contribution in [3.8, 4) is 11.3 Å². The van der Waals surface area contributed by atoms with Gasteiger partial charge in [-0.25, -0.2) is 4.39 Å². The van der Waals surface area contributed by atoms with Crippen LogP contribution in [0.1, 0.15) is 43.4 Å². The van der Waals surface area contributed by atoms with Crippen LogP contribution in [-0.4, -0.2) is 34.2 Å². The van der Waals surface area contributed by atoms with Gasteiger partial charge in [0, 0.05) is 40.7 Å². The van der Waals surface area contributed by atoms with Crippen LogP contribution in [0.4, 0.5) is 4.39 Å². The summed E-state index contributed by atoms with van der Waals surface area (Å²) in [4.78, 5) is 2.50. The Morgan fingerprint density at radius 3 is 2.46 bits per heavy atom. The van der Waals surface area contributed by atoms with Crippen LogP contribution in [0.3, 0.4) is 0 Å². The van der Waals surface area contributed by atoms with E-state index in [1.807, 2.05) is 36.4 Å². The Balaban J connectivity index is 1.64. The number of piperidine rings is 1. The first-order valence-electron chi connectivity index (χ1n) is 9.82. The number of hydrogen-bond acceptors (Lipinski definition) is 2. The average Bonchev–Trinajstić information content (AvgIpc) is 3.18. The van der Waals surface area contributed by atoms with Gasteiger partial charge in [-0.05, 0) is 62.7 Å². The molecule has 0 spiro atoms. The van der Waals surface area contributed by atoms with Gasteiger partial charge in [-0.3, -0.25) is 5.10 Å². The number of likely N-dealkylation sites (tertiary alicyclic amines) is 1. The highest BCUT2D eigenvalue weighted by atomic mass is 35.5. The number of halogens is 2. The molecule has 1 aromatic heterocycles. The number of benzene rings is 2. The van der Waals surface area contributed by atoms with E-state index >= 15 is 0 Å². The van der Waals surface area contributed by atoms with E-state index in [0.29, 0.717) is 17.9 Å². The van der Waals surface area contributed by atoms with Crippen molar-refractivity contribution < 1.29 is 4.39 Å². The number of H-pyrrole nitrogens is 1. The summed E-state index contributed by atoms with van der Waals surface area (Å²) in [7, 11) is 0. The Morgan fingerprint density at radius 2 is 1.79 bits per heavy atom. The minimum Gasteiger partial charge on any atom is -0.300 e. The van der Waals surface area contributed by atoms with Crippen molar-refractivity contribution in [2.45, 2.75) is 38.1 Å². The molecule has 0 saturated carbocycles. The number of rotatable bonds is 4. The number of aromatic nitrogens is 2. The molecule has 5 heteroatoms. The van der Waals surface area contributed by atoms with Gasteiger partial charge in [-0.2, -0.15) is 5.10 Å². The summed E-state index contributed by atoms with van der Waals surface area (Å²) in [6.07, 6.45) is 1.04. The normalized spacial score (nSPS) is 20.6. The smallest absolute Gasteiger partial charge is 0.123 e. The number of nitrogens with one attached hydrogen (secondary N) is 1. The Bertz CT molecular complexity index is 918. The van der Waals surface area contributed by atoms with E-state index in [4.69, 9.17) is 11.6 Å². The summed E-state index contributed by atoms with van der Waals surface area (Å²) in [5, 5.41) is 8.53. The fraction of sp³-hybridized carbons (Fsp3) is 0.348. The first-order valence-corrected chi connectivity index (χ1v) is 10.2. The topological polar surface area (TPSA) is 31.9 Å². The zero-order valence-electron chi connectivity index (χ0n) is 16.2. The van der Waals surface area contributed by atoms with Crippen molar-refractivity contribution in [2.75, 3.05) is 13.1 Å². The molecule has 2 heterocycles. The molecule has 1 fully saturated rings. The van der Waals surface area contributed by atoms with E-state index in [2.05, 4.69) is 35.0 Å². The lowest BCUT2D eigenvalue weighted by Crippen LogP contribution is -2.42. The van der Waals surface area contributed by atoms with Crippen molar-refractivity contribution in [3.63, 3.8) is 0 Å². The quantitative estimate of drug-likeness (QED) is 0.598. The van der Waals surface area contributed by atoms with Crippen molar-refractivity contribution >= 4 is 11.6 Å². The third-order valence-corrected chi connectivity index (χ3v) is 6.06. The van der Waals surface area contributed by atoms with Crippen molar-refractivity contribution in [1.29, 1.82) is 0 Å². The minimum atomic E-state index is -0.191. The van der Waals surface area contributed by atoms with E-state index in [1.54, 1.807) is 12.1 Å². The molecule has 3 nitrogen and oxygen atoms in total. The summed E-state index contributed by atoms with van der Waals surface area (Å²) in [6.45, 7) is 6.48. The second kappa shape index (κ2) is 8.06. The highest BCUT2D eigenvalue weighted by molar-refractivity contribution is 6.30. The van der Waals surface area contributed by atoms with Crippen LogP contribution in [0, 0.1) is 5.82 Å². The van der Waals surface area contributed by atoms with E-state index in [1.165, 1.54) is 5.56 Å². The Hall–Kier alpha value is -2.17. The molecule has 28 heavy (non-hydrogen) atoms. The van der Waals surface area contributed by atoms with Crippen LogP contribution >= 0.6 is 11.6 Å². The van der Waals surface area contributed by atoms with Crippen molar-refractivity contribution in [2.24, 2.45) is 0 Å².